The number of hydrogen-bond acceptors (Lipinski definition) is 6. The smallest absolute Gasteiger partial charge is 0.203 e. The van der Waals surface area contributed by atoms with E-state index in [1.165, 1.54) is 11.3 Å². The molecular weight excluding hydrogens is 194 g/mol. The van der Waals surface area contributed by atoms with Crippen molar-refractivity contribution in [3.05, 3.63) is 0 Å². The lowest BCUT2D eigenvalue weighted by molar-refractivity contribution is 0.287. The van der Waals surface area contributed by atoms with Gasteiger partial charge in [-0.15, -0.1) is 10.2 Å². The van der Waals surface area contributed by atoms with Gasteiger partial charge in [-0.1, -0.05) is 23.1 Å². The molecule has 0 atom stereocenters. The van der Waals surface area contributed by atoms with Crippen molar-refractivity contribution >= 4 is 28.2 Å². The first-order chi connectivity index (χ1) is 5.83. The number of rotatable bonds is 5. The fraction of sp³-hybridized carbons (Fsp3) is 0.667. The summed E-state index contributed by atoms with van der Waals surface area (Å²) >= 11 is 3.04. The first-order valence-corrected chi connectivity index (χ1v) is 5.46. The second-order valence-electron chi connectivity index (χ2n) is 2.19. The van der Waals surface area contributed by atoms with Crippen molar-refractivity contribution in [2.75, 3.05) is 18.1 Å². The lowest BCUT2D eigenvalue weighted by Gasteiger charge is -1.93. The molecule has 1 rings (SSSR count). The van der Waals surface area contributed by atoms with Gasteiger partial charge in [-0.2, -0.15) is 0 Å². The van der Waals surface area contributed by atoms with Crippen LogP contribution in [0.3, 0.4) is 0 Å². The Hall–Kier alpha value is -0.330. The molecule has 0 spiro atoms. The quantitative estimate of drug-likeness (QED) is 0.554. The van der Waals surface area contributed by atoms with Crippen LogP contribution in [0.2, 0.25) is 0 Å². The van der Waals surface area contributed by atoms with E-state index in [4.69, 9.17) is 10.8 Å². The summed E-state index contributed by atoms with van der Waals surface area (Å²) in [6.07, 6.45) is 1.85. The summed E-state index contributed by atoms with van der Waals surface area (Å²) in [5.41, 5.74) is 5.40. The van der Waals surface area contributed by atoms with Crippen molar-refractivity contribution in [1.82, 2.24) is 10.2 Å². The molecule has 0 saturated heterocycles. The number of aromatic nitrogens is 2. The van der Waals surface area contributed by atoms with E-state index in [9.17, 15) is 0 Å². The number of aliphatic hydroxyl groups excluding tert-OH is 1. The van der Waals surface area contributed by atoms with Gasteiger partial charge in [-0.3, -0.25) is 0 Å². The van der Waals surface area contributed by atoms with Crippen LogP contribution in [0.4, 0.5) is 5.13 Å². The Morgan fingerprint density at radius 3 is 2.83 bits per heavy atom. The van der Waals surface area contributed by atoms with E-state index in [0.29, 0.717) is 5.13 Å². The van der Waals surface area contributed by atoms with Gasteiger partial charge in [-0.05, 0) is 12.8 Å². The molecule has 0 bridgehead atoms. The van der Waals surface area contributed by atoms with E-state index in [1.54, 1.807) is 11.8 Å². The van der Waals surface area contributed by atoms with Crippen LogP contribution >= 0.6 is 23.1 Å². The Kier molecular flexibility index (Phi) is 4.34. The van der Waals surface area contributed by atoms with Gasteiger partial charge in [0.2, 0.25) is 5.13 Å². The minimum atomic E-state index is 0.263. The second-order valence-corrected chi connectivity index (χ2v) is 4.54. The normalized spacial score (nSPS) is 10.4. The molecule has 1 aromatic heterocycles. The highest BCUT2D eigenvalue weighted by Gasteiger charge is 2.00. The first kappa shape index (κ1) is 9.76. The fourth-order valence-electron chi connectivity index (χ4n) is 0.652. The van der Waals surface area contributed by atoms with Gasteiger partial charge in [0.25, 0.3) is 0 Å². The Bertz CT molecular complexity index is 228. The molecular formula is C6H11N3OS2. The average molecular weight is 205 g/mol. The summed E-state index contributed by atoms with van der Waals surface area (Å²) < 4.78 is 0.908. The van der Waals surface area contributed by atoms with Crippen LogP contribution in [-0.4, -0.2) is 27.7 Å². The van der Waals surface area contributed by atoms with Crippen molar-refractivity contribution in [2.45, 2.75) is 17.2 Å². The zero-order chi connectivity index (χ0) is 8.81. The Balaban J connectivity index is 2.15. The van der Waals surface area contributed by atoms with Crippen LogP contribution in [0.15, 0.2) is 4.34 Å². The molecule has 4 nitrogen and oxygen atoms in total. The zero-order valence-electron chi connectivity index (χ0n) is 6.56. The molecule has 0 aliphatic rings. The molecule has 0 aromatic carbocycles. The average Bonchev–Trinajstić information content (AvgIpc) is 2.45. The molecule has 0 saturated carbocycles. The minimum Gasteiger partial charge on any atom is -0.396 e. The number of unbranched alkanes of at least 4 members (excludes halogenated alkanes) is 1. The Labute approximate surface area is 79.2 Å². The van der Waals surface area contributed by atoms with Gasteiger partial charge in [0.1, 0.15) is 0 Å². The van der Waals surface area contributed by atoms with Crippen LogP contribution in [-0.2, 0) is 0 Å². The SMILES string of the molecule is Nc1nnc(SCCCCO)s1. The van der Waals surface area contributed by atoms with Gasteiger partial charge in [0.05, 0.1) is 0 Å². The van der Waals surface area contributed by atoms with Crippen molar-refractivity contribution < 1.29 is 5.11 Å². The highest BCUT2D eigenvalue weighted by molar-refractivity contribution is 8.01. The summed E-state index contributed by atoms with van der Waals surface area (Å²) in [4.78, 5) is 0. The molecule has 0 aliphatic carbocycles. The molecule has 1 heterocycles. The first-order valence-electron chi connectivity index (χ1n) is 3.65. The van der Waals surface area contributed by atoms with Crippen molar-refractivity contribution in [1.29, 1.82) is 0 Å². The summed E-state index contributed by atoms with van der Waals surface area (Å²) in [7, 11) is 0. The lowest BCUT2D eigenvalue weighted by atomic mass is 10.4. The van der Waals surface area contributed by atoms with Gasteiger partial charge in [-0.25, -0.2) is 0 Å². The van der Waals surface area contributed by atoms with Crippen LogP contribution in [0, 0.1) is 0 Å². The van der Waals surface area contributed by atoms with Crippen molar-refractivity contribution in [3.63, 3.8) is 0 Å². The predicted molar refractivity (Wildman–Crippen MR) is 51.4 cm³/mol. The van der Waals surface area contributed by atoms with Crippen LogP contribution < -0.4 is 5.73 Å². The lowest BCUT2D eigenvalue weighted by Crippen LogP contribution is -1.84. The third kappa shape index (κ3) is 3.38. The number of nitrogens with two attached hydrogens (primary N) is 1. The van der Waals surface area contributed by atoms with Crippen LogP contribution in [0.1, 0.15) is 12.8 Å². The van der Waals surface area contributed by atoms with Crippen molar-refractivity contribution in [2.24, 2.45) is 0 Å². The third-order valence-electron chi connectivity index (χ3n) is 1.20. The zero-order valence-corrected chi connectivity index (χ0v) is 8.20. The maximum absolute atomic E-state index is 8.51. The summed E-state index contributed by atoms with van der Waals surface area (Å²) in [6, 6.07) is 0. The van der Waals surface area contributed by atoms with Gasteiger partial charge >= 0.3 is 0 Å². The molecule has 12 heavy (non-hydrogen) atoms. The molecule has 3 N–H and O–H groups in total. The standard InChI is InChI=1S/C6H11N3OS2/c7-5-8-9-6(12-5)11-4-2-1-3-10/h10H,1-4H2,(H2,7,8). The Morgan fingerprint density at radius 2 is 2.25 bits per heavy atom. The highest BCUT2D eigenvalue weighted by atomic mass is 32.2. The Morgan fingerprint density at radius 1 is 1.42 bits per heavy atom. The molecule has 68 valence electrons. The number of nitrogen functional groups attached to an aromatic ring is 1. The molecule has 0 radical (unpaired) electrons. The number of hydrogen-bond donors (Lipinski definition) is 2. The molecule has 0 fully saturated rings. The van der Waals surface area contributed by atoms with Gasteiger partial charge < -0.3 is 10.8 Å². The van der Waals surface area contributed by atoms with E-state index in [-0.39, 0.29) is 6.61 Å². The summed E-state index contributed by atoms with van der Waals surface area (Å²) in [5.74, 6) is 0.967. The largest absolute Gasteiger partial charge is 0.396 e. The minimum absolute atomic E-state index is 0.263. The number of nitrogens with zero attached hydrogens (tertiary/aromatic N) is 2. The number of anilines is 1. The van der Waals surface area contributed by atoms with Crippen molar-refractivity contribution in [3.8, 4) is 0 Å². The second kappa shape index (κ2) is 5.34. The van der Waals surface area contributed by atoms with E-state index >= 15 is 0 Å². The van der Waals surface area contributed by atoms with E-state index < -0.39 is 0 Å². The third-order valence-corrected chi connectivity index (χ3v) is 3.17. The molecule has 1 aromatic rings. The molecule has 6 heteroatoms. The van der Waals surface area contributed by atoms with E-state index in [1.807, 2.05) is 0 Å². The summed E-state index contributed by atoms with van der Waals surface area (Å²) in [5, 5.41) is 16.6. The molecule has 0 amide bonds. The number of aliphatic hydroxyl groups is 1. The topological polar surface area (TPSA) is 72.0 Å². The maximum Gasteiger partial charge on any atom is 0.203 e. The van der Waals surface area contributed by atoms with Gasteiger partial charge in [0.15, 0.2) is 4.34 Å². The monoisotopic (exact) mass is 205 g/mol. The number of thioether (sulfide) groups is 1. The fourth-order valence-corrected chi connectivity index (χ4v) is 2.36. The highest BCUT2D eigenvalue weighted by Crippen LogP contribution is 2.23. The maximum atomic E-state index is 8.51. The van der Waals surface area contributed by atoms with E-state index in [2.05, 4.69) is 10.2 Å². The molecule has 0 unspecified atom stereocenters. The van der Waals surface area contributed by atoms with Crippen LogP contribution in [0.5, 0.6) is 0 Å². The van der Waals surface area contributed by atoms with Crippen LogP contribution in [0.25, 0.3) is 0 Å². The van der Waals surface area contributed by atoms with Gasteiger partial charge in [0, 0.05) is 12.4 Å². The van der Waals surface area contributed by atoms with E-state index in [0.717, 1.165) is 22.9 Å². The summed E-state index contributed by atoms with van der Waals surface area (Å²) in [6.45, 7) is 0.263. The molecule has 0 aliphatic heterocycles. The predicted octanol–water partition coefficient (Wildman–Crippen LogP) is 0.985.